The second-order valence-corrected chi connectivity index (χ2v) is 3.50. The molecule has 1 spiro atoms. The van der Waals surface area contributed by atoms with Gasteiger partial charge in [0.05, 0.1) is 13.1 Å². The van der Waals surface area contributed by atoms with Crippen LogP contribution in [0.3, 0.4) is 0 Å². The van der Waals surface area contributed by atoms with Crippen molar-refractivity contribution >= 4 is 6.41 Å². The van der Waals surface area contributed by atoms with Crippen LogP contribution in [0, 0.1) is 0 Å². The van der Waals surface area contributed by atoms with E-state index in [0.29, 0.717) is 0 Å². The monoisotopic (exact) mass is 155 g/mol. The first kappa shape index (κ1) is 7.10. The van der Waals surface area contributed by atoms with Crippen LogP contribution in [-0.4, -0.2) is 36.6 Å². The van der Waals surface area contributed by atoms with Gasteiger partial charge in [-0.3, -0.25) is 4.79 Å². The van der Waals surface area contributed by atoms with E-state index in [1.807, 2.05) is 0 Å². The lowest BCUT2D eigenvalue weighted by Gasteiger charge is -2.50. The van der Waals surface area contributed by atoms with Crippen LogP contribution in [0.1, 0.15) is 19.3 Å². The molecule has 0 aliphatic carbocycles. The van der Waals surface area contributed by atoms with Gasteiger partial charge >= 0.3 is 0 Å². The predicted octanol–water partition coefficient (Wildman–Crippen LogP) is 0.398. The Hall–Kier alpha value is -0.570. The molecule has 2 heterocycles. The summed E-state index contributed by atoms with van der Waals surface area (Å²) in [6, 6.07) is 0. The van der Waals surface area contributed by atoms with Crippen LogP contribution in [0.2, 0.25) is 0 Å². The Bertz CT molecular complexity index is 155. The fourth-order valence-electron chi connectivity index (χ4n) is 1.93. The van der Waals surface area contributed by atoms with Crippen LogP contribution >= 0.6 is 0 Å². The number of hydrogen-bond donors (Lipinski definition) is 0. The summed E-state index contributed by atoms with van der Waals surface area (Å²) in [7, 11) is 0. The molecule has 0 radical (unpaired) electrons. The Balaban J connectivity index is 1.88. The van der Waals surface area contributed by atoms with Crippen molar-refractivity contribution in [2.24, 2.45) is 0 Å². The van der Waals surface area contributed by atoms with Gasteiger partial charge in [0, 0.05) is 6.61 Å². The smallest absolute Gasteiger partial charge is 0.209 e. The summed E-state index contributed by atoms with van der Waals surface area (Å²) in [5.74, 6) is 0. The minimum Gasteiger partial charge on any atom is -0.371 e. The zero-order valence-electron chi connectivity index (χ0n) is 6.58. The van der Waals surface area contributed by atoms with Gasteiger partial charge in [-0.2, -0.15) is 0 Å². The average Bonchev–Trinajstić information content (AvgIpc) is 2.01. The second kappa shape index (κ2) is 2.48. The van der Waals surface area contributed by atoms with E-state index in [1.165, 1.54) is 12.8 Å². The van der Waals surface area contributed by atoms with E-state index in [1.54, 1.807) is 4.90 Å². The highest BCUT2D eigenvalue weighted by atomic mass is 16.5. The van der Waals surface area contributed by atoms with E-state index in [9.17, 15) is 4.79 Å². The van der Waals surface area contributed by atoms with Crippen molar-refractivity contribution in [2.75, 3.05) is 19.7 Å². The number of ether oxygens (including phenoxy) is 1. The van der Waals surface area contributed by atoms with Crippen LogP contribution < -0.4 is 0 Å². The molecule has 3 heteroatoms. The van der Waals surface area contributed by atoms with Crippen molar-refractivity contribution < 1.29 is 9.53 Å². The summed E-state index contributed by atoms with van der Waals surface area (Å²) in [4.78, 5) is 12.1. The van der Waals surface area contributed by atoms with Crippen molar-refractivity contribution in [2.45, 2.75) is 24.9 Å². The van der Waals surface area contributed by atoms with Crippen LogP contribution in [-0.2, 0) is 9.53 Å². The Morgan fingerprint density at radius 3 is 2.73 bits per heavy atom. The van der Waals surface area contributed by atoms with Gasteiger partial charge in [0.1, 0.15) is 5.60 Å². The zero-order chi connectivity index (χ0) is 7.73. The number of amides is 1. The SMILES string of the molecule is O=CN1CC2(CCCCO2)C1. The Kier molecular flexibility index (Phi) is 1.60. The number of hydrogen-bond acceptors (Lipinski definition) is 2. The molecule has 0 unspecified atom stereocenters. The van der Waals surface area contributed by atoms with Gasteiger partial charge in [0.2, 0.25) is 6.41 Å². The number of nitrogens with zero attached hydrogens (tertiary/aromatic N) is 1. The molecule has 62 valence electrons. The molecular formula is C8H13NO2. The first-order chi connectivity index (χ1) is 5.35. The number of carbonyl (C=O) groups is 1. The van der Waals surface area contributed by atoms with E-state index >= 15 is 0 Å². The normalized spacial score (nSPS) is 28.2. The highest BCUT2D eigenvalue weighted by Gasteiger charge is 2.44. The molecule has 2 saturated heterocycles. The average molecular weight is 155 g/mol. The number of rotatable bonds is 1. The quantitative estimate of drug-likeness (QED) is 0.513. The van der Waals surface area contributed by atoms with E-state index in [4.69, 9.17) is 4.74 Å². The fraction of sp³-hybridized carbons (Fsp3) is 0.875. The standard InChI is InChI=1S/C8H13NO2/c10-7-9-5-8(6-9)3-1-2-4-11-8/h7H,1-6H2. The largest absolute Gasteiger partial charge is 0.371 e. The van der Waals surface area contributed by atoms with Gasteiger partial charge in [0.15, 0.2) is 0 Å². The molecule has 0 aromatic heterocycles. The van der Waals surface area contributed by atoms with E-state index in [0.717, 1.165) is 32.5 Å². The van der Waals surface area contributed by atoms with Gasteiger partial charge in [-0.15, -0.1) is 0 Å². The molecule has 11 heavy (non-hydrogen) atoms. The van der Waals surface area contributed by atoms with Crippen molar-refractivity contribution in [1.82, 2.24) is 4.90 Å². The number of carbonyl (C=O) groups excluding carboxylic acids is 1. The molecule has 0 bridgehead atoms. The lowest BCUT2D eigenvalue weighted by atomic mass is 9.87. The molecule has 0 aromatic rings. The predicted molar refractivity (Wildman–Crippen MR) is 40.2 cm³/mol. The Morgan fingerprint density at radius 2 is 2.18 bits per heavy atom. The van der Waals surface area contributed by atoms with E-state index < -0.39 is 0 Å². The van der Waals surface area contributed by atoms with Crippen LogP contribution in [0.4, 0.5) is 0 Å². The maximum atomic E-state index is 10.3. The summed E-state index contributed by atoms with van der Waals surface area (Å²) in [5, 5.41) is 0. The maximum Gasteiger partial charge on any atom is 0.209 e. The van der Waals surface area contributed by atoms with Gasteiger partial charge in [-0.05, 0) is 19.3 Å². The molecule has 0 aromatic carbocycles. The summed E-state index contributed by atoms with van der Waals surface area (Å²) < 4.78 is 5.63. The summed E-state index contributed by atoms with van der Waals surface area (Å²) >= 11 is 0. The second-order valence-electron chi connectivity index (χ2n) is 3.50. The fourth-order valence-corrected chi connectivity index (χ4v) is 1.93. The summed E-state index contributed by atoms with van der Waals surface area (Å²) in [6.07, 6.45) is 4.48. The Morgan fingerprint density at radius 1 is 1.36 bits per heavy atom. The van der Waals surface area contributed by atoms with Gasteiger partial charge in [0.25, 0.3) is 0 Å². The molecule has 0 N–H and O–H groups in total. The van der Waals surface area contributed by atoms with Crippen LogP contribution in [0.5, 0.6) is 0 Å². The molecular weight excluding hydrogens is 142 g/mol. The molecule has 2 aliphatic heterocycles. The highest BCUT2D eigenvalue weighted by Crippen LogP contribution is 2.32. The molecule has 0 saturated carbocycles. The lowest BCUT2D eigenvalue weighted by Crippen LogP contribution is -2.63. The van der Waals surface area contributed by atoms with Crippen molar-refractivity contribution in [3.05, 3.63) is 0 Å². The van der Waals surface area contributed by atoms with Crippen molar-refractivity contribution in [1.29, 1.82) is 0 Å². The minimum absolute atomic E-state index is 0.0686. The topological polar surface area (TPSA) is 29.5 Å². The summed E-state index contributed by atoms with van der Waals surface area (Å²) in [6.45, 7) is 2.51. The lowest BCUT2D eigenvalue weighted by molar-refractivity contribution is -0.171. The third-order valence-corrected chi connectivity index (χ3v) is 2.57. The highest BCUT2D eigenvalue weighted by molar-refractivity contribution is 5.49. The van der Waals surface area contributed by atoms with Crippen molar-refractivity contribution in [3.8, 4) is 0 Å². The maximum absolute atomic E-state index is 10.3. The van der Waals surface area contributed by atoms with Gasteiger partial charge in [-0.25, -0.2) is 0 Å². The van der Waals surface area contributed by atoms with Gasteiger partial charge < -0.3 is 9.64 Å². The molecule has 2 rings (SSSR count). The van der Waals surface area contributed by atoms with Crippen molar-refractivity contribution in [3.63, 3.8) is 0 Å². The first-order valence-corrected chi connectivity index (χ1v) is 4.18. The molecule has 2 fully saturated rings. The molecule has 1 amide bonds. The molecule has 0 atom stereocenters. The number of likely N-dealkylation sites (tertiary alicyclic amines) is 1. The third-order valence-electron chi connectivity index (χ3n) is 2.57. The van der Waals surface area contributed by atoms with Crippen LogP contribution in [0.25, 0.3) is 0 Å². The van der Waals surface area contributed by atoms with E-state index in [2.05, 4.69) is 0 Å². The molecule has 2 aliphatic rings. The zero-order valence-corrected chi connectivity index (χ0v) is 6.58. The summed E-state index contributed by atoms with van der Waals surface area (Å²) in [5.41, 5.74) is 0.0686. The first-order valence-electron chi connectivity index (χ1n) is 4.18. The Labute approximate surface area is 66.3 Å². The van der Waals surface area contributed by atoms with Gasteiger partial charge in [-0.1, -0.05) is 0 Å². The van der Waals surface area contributed by atoms with E-state index in [-0.39, 0.29) is 5.60 Å². The van der Waals surface area contributed by atoms with Crippen LogP contribution in [0.15, 0.2) is 0 Å². The minimum atomic E-state index is 0.0686. The third kappa shape index (κ3) is 1.13. The molecule has 3 nitrogen and oxygen atoms in total.